The minimum atomic E-state index is 0.589. The fourth-order valence-corrected chi connectivity index (χ4v) is 8.70. The second-order valence-corrected chi connectivity index (χ2v) is 14.4. The highest BCUT2D eigenvalue weighted by Crippen LogP contribution is 2.44. The van der Waals surface area contributed by atoms with Crippen LogP contribution in [0.2, 0.25) is 0 Å². The van der Waals surface area contributed by atoms with Gasteiger partial charge in [-0.2, -0.15) is 0 Å². The van der Waals surface area contributed by atoms with Gasteiger partial charge in [0.1, 0.15) is 11.2 Å². The maximum Gasteiger partial charge on any atom is 0.164 e. The van der Waals surface area contributed by atoms with Gasteiger partial charge in [-0.25, -0.2) is 15.0 Å². The summed E-state index contributed by atoms with van der Waals surface area (Å²) >= 11 is 0. The minimum Gasteiger partial charge on any atom is -0.456 e. The molecule has 0 aliphatic rings. The zero-order valence-corrected chi connectivity index (χ0v) is 30.5. The van der Waals surface area contributed by atoms with Crippen LogP contribution in [-0.4, -0.2) is 24.1 Å². The third kappa shape index (κ3) is 4.81. The molecule has 6 nitrogen and oxygen atoms in total. The van der Waals surface area contributed by atoms with Crippen LogP contribution in [0.4, 0.5) is 0 Å². The molecule has 266 valence electrons. The van der Waals surface area contributed by atoms with Crippen molar-refractivity contribution in [1.82, 2.24) is 24.1 Å². The third-order valence-corrected chi connectivity index (χ3v) is 11.2. The van der Waals surface area contributed by atoms with Gasteiger partial charge in [0.05, 0.1) is 33.1 Å². The summed E-state index contributed by atoms with van der Waals surface area (Å²) in [5.41, 5.74) is 11.2. The molecular formula is C51H31N5O. The van der Waals surface area contributed by atoms with E-state index in [0.29, 0.717) is 17.5 Å². The molecule has 12 rings (SSSR count). The molecule has 6 heteroatoms. The summed E-state index contributed by atoms with van der Waals surface area (Å²) in [6.07, 6.45) is 0. The first kappa shape index (κ1) is 31.5. The Bertz CT molecular complexity index is 3450. The van der Waals surface area contributed by atoms with Crippen LogP contribution in [0.3, 0.4) is 0 Å². The molecule has 0 fully saturated rings. The predicted octanol–water partition coefficient (Wildman–Crippen LogP) is 13.0. The van der Waals surface area contributed by atoms with E-state index < -0.39 is 0 Å². The molecule has 0 bridgehead atoms. The van der Waals surface area contributed by atoms with E-state index in [2.05, 4.69) is 137 Å². The monoisotopic (exact) mass is 729 g/mol. The first-order valence-electron chi connectivity index (χ1n) is 19.1. The lowest BCUT2D eigenvalue weighted by Crippen LogP contribution is -2.00. The number of fused-ring (bicyclic) bond motifs is 10. The summed E-state index contributed by atoms with van der Waals surface area (Å²) in [6, 6.07) is 65.5. The van der Waals surface area contributed by atoms with Gasteiger partial charge < -0.3 is 13.6 Å². The van der Waals surface area contributed by atoms with Crippen molar-refractivity contribution in [2.24, 2.45) is 0 Å². The van der Waals surface area contributed by atoms with Gasteiger partial charge in [0, 0.05) is 49.3 Å². The van der Waals surface area contributed by atoms with E-state index in [-0.39, 0.29) is 0 Å². The van der Waals surface area contributed by atoms with Crippen molar-refractivity contribution >= 4 is 65.6 Å². The quantitative estimate of drug-likeness (QED) is 0.177. The molecule has 4 aromatic heterocycles. The topological polar surface area (TPSA) is 61.7 Å². The lowest BCUT2D eigenvalue weighted by atomic mass is 10.1. The summed E-state index contributed by atoms with van der Waals surface area (Å²) in [6.45, 7) is 0. The Labute approximate surface area is 326 Å². The zero-order valence-electron chi connectivity index (χ0n) is 30.5. The number of hydrogen-bond acceptors (Lipinski definition) is 4. The van der Waals surface area contributed by atoms with Crippen molar-refractivity contribution in [3.8, 4) is 45.5 Å². The van der Waals surface area contributed by atoms with E-state index in [1.54, 1.807) is 0 Å². The van der Waals surface area contributed by atoms with E-state index >= 15 is 0 Å². The van der Waals surface area contributed by atoms with Crippen LogP contribution >= 0.6 is 0 Å². The third-order valence-electron chi connectivity index (χ3n) is 11.2. The van der Waals surface area contributed by atoms with Crippen LogP contribution in [0.25, 0.3) is 111 Å². The fraction of sp³-hybridized carbons (Fsp3) is 0. The number of aromatic nitrogens is 5. The summed E-state index contributed by atoms with van der Waals surface area (Å²) in [4.78, 5) is 14.9. The summed E-state index contributed by atoms with van der Waals surface area (Å²) in [7, 11) is 0. The first-order chi connectivity index (χ1) is 28.3. The van der Waals surface area contributed by atoms with Gasteiger partial charge in [-0.1, -0.05) is 127 Å². The molecule has 0 atom stereocenters. The Hall–Kier alpha value is -7.83. The molecule has 4 heterocycles. The number of rotatable bonds is 5. The van der Waals surface area contributed by atoms with Crippen molar-refractivity contribution < 1.29 is 4.42 Å². The fourth-order valence-electron chi connectivity index (χ4n) is 8.70. The second-order valence-electron chi connectivity index (χ2n) is 14.4. The number of hydrogen-bond donors (Lipinski definition) is 0. The minimum absolute atomic E-state index is 0.589. The molecule has 57 heavy (non-hydrogen) atoms. The molecule has 12 aromatic rings. The Morgan fingerprint density at radius 3 is 1.49 bits per heavy atom. The van der Waals surface area contributed by atoms with E-state index in [9.17, 15) is 0 Å². The first-order valence-corrected chi connectivity index (χ1v) is 19.1. The molecule has 8 aromatic carbocycles. The Kier molecular flexibility index (Phi) is 6.83. The van der Waals surface area contributed by atoms with Crippen molar-refractivity contribution in [3.05, 3.63) is 188 Å². The van der Waals surface area contributed by atoms with E-state index in [1.165, 1.54) is 32.6 Å². The van der Waals surface area contributed by atoms with E-state index in [0.717, 1.165) is 61.0 Å². The van der Waals surface area contributed by atoms with Crippen LogP contribution in [0, 0.1) is 0 Å². The molecule has 0 aliphatic heterocycles. The molecule has 0 spiro atoms. The number of para-hydroxylation sites is 3. The van der Waals surface area contributed by atoms with Crippen LogP contribution in [0.5, 0.6) is 0 Å². The number of furan rings is 1. The van der Waals surface area contributed by atoms with Gasteiger partial charge in [-0.05, 0) is 60.7 Å². The van der Waals surface area contributed by atoms with Crippen molar-refractivity contribution in [3.63, 3.8) is 0 Å². The lowest BCUT2D eigenvalue weighted by Gasteiger charge is -2.10. The van der Waals surface area contributed by atoms with Crippen LogP contribution in [-0.2, 0) is 0 Å². The van der Waals surface area contributed by atoms with Gasteiger partial charge in [-0.15, -0.1) is 0 Å². The predicted molar refractivity (Wildman–Crippen MR) is 232 cm³/mol. The Balaban J connectivity index is 1.08. The molecule has 0 unspecified atom stereocenters. The zero-order chi connectivity index (χ0) is 37.5. The van der Waals surface area contributed by atoms with Gasteiger partial charge >= 0.3 is 0 Å². The standard InChI is InChI=1S/C51H31N5O/c1-4-15-32(16-5-1)49-52-50(33-17-6-2-7-18-33)54-51(53-49)34-27-28-38-45(31-34)57-44-26-14-25-41(46(38)44)56-40-24-13-11-22-37(40)48-43(56)30-29-42-47(48)36-21-10-12-23-39(36)55(42)35-19-8-3-9-20-35/h1-31H. The Morgan fingerprint density at radius 2 is 0.860 bits per heavy atom. The van der Waals surface area contributed by atoms with Gasteiger partial charge in [0.2, 0.25) is 0 Å². The SMILES string of the molecule is c1ccc(-c2nc(-c3ccccc3)nc(-c3ccc4c(c3)oc3cccc(-n5c6ccccc6c6c7c8ccccc8n(-c8ccccc8)c7ccc65)c34)n2)cc1. The molecule has 0 radical (unpaired) electrons. The molecule has 0 saturated carbocycles. The summed E-state index contributed by atoms with van der Waals surface area (Å²) in [5, 5.41) is 7.00. The van der Waals surface area contributed by atoms with Crippen LogP contribution < -0.4 is 0 Å². The molecular weight excluding hydrogens is 699 g/mol. The number of benzene rings is 8. The summed E-state index contributed by atoms with van der Waals surface area (Å²) < 4.78 is 11.5. The maximum absolute atomic E-state index is 6.70. The normalized spacial score (nSPS) is 11.9. The number of nitrogens with zero attached hydrogens (tertiary/aromatic N) is 5. The van der Waals surface area contributed by atoms with Crippen molar-refractivity contribution in [2.75, 3.05) is 0 Å². The highest BCUT2D eigenvalue weighted by molar-refractivity contribution is 6.29. The summed E-state index contributed by atoms with van der Waals surface area (Å²) in [5.74, 6) is 1.84. The van der Waals surface area contributed by atoms with Crippen LogP contribution in [0.1, 0.15) is 0 Å². The van der Waals surface area contributed by atoms with Crippen molar-refractivity contribution in [1.29, 1.82) is 0 Å². The van der Waals surface area contributed by atoms with Gasteiger partial charge in [0.25, 0.3) is 0 Å². The van der Waals surface area contributed by atoms with E-state index in [4.69, 9.17) is 19.4 Å². The maximum atomic E-state index is 6.70. The van der Waals surface area contributed by atoms with Gasteiger partial charge in [0.15, 0.2) is 17.5 Å². The largest absolute Gasteiger partial charge is 0.456 e. The average Bonchev–Trinajstić information content (AvgIpc) is 3.94. The van der Waals surface area contributed by atoms with Crippen LogP contribution in [0.15, 0.2) is 192 Å². The smallest absolute Gasteiger partial charge is 0.164 e. The lowest BCUT2D eigenvalue weighted by molar-refractivity contribution is 0.669. The molecule has 0 amide bonds. The molecule has 0 aliphatic carbocycles. The second kappa shape index (κ2) is 12.3. The average molecular weight is 730 g/mol. The van der Waals surface area contributed by atoms with E-state index in [1.807, 2.05) is 60.7 Å². The highest BCUT2D eigenvalue weighted by atomic mass is 16.3. The Morgan fingerprint density at radius 1 is 0.333 bits per heavy atom. The highest BCUT2D eigenvalue weighted by Gasteiger charge is 2.23. The molecule has 0 N–H and O–H groups in total. The van der Waals surface area contributed by atoms with Crippen molar-refractivity contribution in [2.45, 2.75) is 0 Å². The molecule has 0 saturated heterocycles. The van der Waals surface area contributed by atoms with Gasteiger partial charge in [-0.3, -0.25) is 0 Å².